The summed E-state index contributed by atoms with van der Waals surface area (Å²) >= 11 is 13.0. The minimum atomic E-state index is -0.309. The van der Waals surface area contributed by atoms with Crippen LogP contribution in [-0.2, 0) is 5.88 Å². The molecule has 0 N–H and O–H groups in total. The first-order chi connectivity index (χ1) is 6.20. The molecule has 0 unspecified atom stereocenters. The summed E-state index contributed by atoms with van der Waals surface area (Å²) in [4.78, 5) is 1.00. The predicted octanol–water partition coefficient (Wildman–Crippen LogP) is 4.43. The highest BCUT2D eigenvalue weighted by Crippen LogP contribution is 2.33. The van der Waals surface area contributed by atoms with Crippen LogP contribution in [0.15, 0.2) is 18.2 Å². The second-order valence-corrected chi connectivity index (χ2v) is 4.46. The molecule has 0 saturated carbocycles. The zero-order valence-corrected chi connectivity index (χ0v) is 8.81. The summed E-state index contributed by atoms with van der Waals surface area (Å²) in [6.07, 6.45) is 0. The molecule has 1 aromatic carbocycles. The lowest BCUT2D eigenvalue weighted by molar-refractivity contribution is 0.630. The fourth-order valence-electron chi connectivity index (χ4n) is 1.20. The van der Waals surface area contributed by atoms with Gasteiger partial charge in [0.2, 0.25) is 0 Å². The van der Waals surface area contributed by atoms with Crippen LogP contribution in [-0.4, -0.2) is 0 Å². The third-order valence-electron chi connectivity index (χ3n) is 1.72. The number of hydrogen-bond acceptors (Lipinski definition) is 1. The zero-order valence-electron chi connectivity index (χ0n) is 6.48. The molecule has 0 saturated heterocycles. The molecular formula is C9H5Cl2FS. The van der Waals surface area contributed by atoms with Crippen LogP contribution < -0.4 is 0 Å². The van der Waals surface area contributed by atoms with Gasteiger partial charge in [-0.1, -0.05) is 11.6 Å². The summed E-state index contributed by atoms with van der Waals surface area (Å²) in [5.74, 6) is 0.133. The highest BCUT2D eigenvalue weighted by atomic mass is 35.5. The van der Waals surface area contributed by atoms with Gasteiger partial charge in [0.05, 0.1) is 15.6 Å². The molecule has 0 aliphatic rings. The third kappa shape index (κ3) is 1.66. The Balaban J connectivity index is 2.75. The van der Waals surface area contributed by atoms with E-state index in [4.69, 9.17) is 23.2 Å². The number of benzene rings is 1. The molecule has 0 fully saturated rings. The Morgan fingerprint density at radius 2 is 2.08 bits per heavy atom. The molecular weight excluding hydrogens is 230 g/mol. The predicted molar refractivity (Wildman–Crippen MR) is 56.4 cm³/mol. The van der Waals surface area contributed by atoms with E-state index < -0.39 is 0 Å². The van der Waals surface area contributed by atoms with Crippen LogP contribution in [0, 0.1) is 5.82 Å². The summed E-state index contributed by atoms with van der Waals surface area (Å²) in [6.45, 7) is 0. The fourth-order valence-corrected chi connectivity index (χ4v) is 2.66. The lowest BCUT2D eigenvalue weighted by Gasteiger charge is -1.92. The standard InChI is InChI=1S/C9H5Cl2FS/c10-4-7-2-5-1-6(12)3-8(11)9(5)13-7/h1-3H,4H2. The molecule has 68 valence electrons. The van der Waals surface area contributed by atoms with Gasteiger partial charge in [0.25, 0.3) is 0 Å². The minimum absolute atomic E-state index is 0.309. The van der Waals surface area contributed by atoms with E-state index in [-0.39, 0.29) is 5.82 Å². The van der Waals surface area contributed by atoms with Crippen LogP contribution >= 0.6 is 34.5 Å². The van der Waals surface area contributed by atoms with Crippen LogP contribution in [0.4, 0.5) is 4.39 Å². The number of halogens is 3. The molecule has 0 radical (unpaired) electrons. The molecule has 13 heavy (non-hydrogen) atoms. The number of hydrogen-bond donors (Lipinski definition) is 0. The molecule has 2 rings (SSSR count). The summed E-state index contributed by atoms with van der Waals surface area (Å²) < 4.78 is 13.8. The van der Waals surface area contributed by atoms with Crippen molar-refractivity contribution in [2.45, 2.75) is 5.88 Å². The molecule has 0 aliphatic heterocycles. The van der Waals surface area contributed by atoms with Gasteiger partial charge in [-0.15, -0.1) is 22.9 Å². The topological polar surface area (TPSA) is 0 Å². The van der Waals surface area contributed by atoms with Gasteiger partial charge in [0, 0.05) is 4.88 Å². The third-order valence-corrected chi connectivity index (χ3v) is 3.76. The van der Waals surface area contributed by atoms with Crippen LogP contribution in [0.2, 0.25) is 5.02 Å². The highest BCUT2D eigenvalue weighted by molar-refractivity contribution is 7.19. The largest absolute Gasteiger partial charge is 0.207 e. The first-order valence-corrected chi connectivity index (χ1v) is 5.37. The average Bonchev–Trinajstić information content (AvgIpc) is 2.47. The molecule has 0 atom stereocenters. The maximum atomic E-state index is 12.9. The van der Waals surface area contributed by atoms with E-state index in [0.29, 0.717) is 10.9 Å². The molecule has 1 aromatic heterocycles. The molecule has 4 heteroatoms. The van der Waals surface area contributed by atoms with Crippen molar-refractivity contribution < 1.29 is 4.39 Å². The lowest BCUT2D eigenvalue weighted by Crippen LogP contribution is -1.72. The van der Waals surface area contributed by atoms with Crippen LogP contribution in [0.1, 0.15) is 4.88 Å². The Hall–Kier alpha value is -0.310. The second kappa shape index (κ2) is 3.45. The van der Waals surface area contributed by atoms with Crippen molar-refractivity contribution in [2.24, 2.45) is 0 Å². The van der Waals surface area contributed by atoms with Crippen molar-refractivity contribution in [3.8, 4) is 0 Å². The van der Waals surface area contributed by atoms with Gasteiger partial charge < -0.3 is 0 Å². The molecule has 0 amide bonds. The van der Waals surface area contributed by atoms with E-state index in [1.807, 2.05) is 6.07 Å². The number of rotatable bonds is 1. The Kier molecular flexibility index (Phi) is 2.45. The van der Waals surface area contributed by atoms with Crippen LogP contribution in [0.5, 0.6) is 0 Å². The van der Waals surface area contributed by atoms with Crippen molar-refractivity contribution in [1.29, 1.82) is 0 Å². The second-order valence-electron chi connectivity index (χ2n) is 2.65. The van der Waals surface area contributed by atoms with E-state index in [1.54, 1.807) is 0 Å². The van der Waals surface area contributed by atoms with Gasteiger partial charge >= 0.3 is 0 Å². The maximum absolute atomic E-state index is 12.9. The van der Waals surface area contributed by atoms with Crippen molar-refractivity contribution in [2.75, 3.05) is 0 Å². The van der Waals surface area contributed by atoms with E-state index in [0.717, 1.165) is 15.0 Å². The Morgan fingerprint density at radius 3 is 2.77 bits per heavy atom. The zero-order chi connectivity index (χ0) is 9.42. The van der Waals surface area contributed by atoms with E-state index >= 15 is 0 Å². The van der Waals surface area contributed by atoms with Crippen LogP contribution in [0.3, 0.4) is 0 Å². The van der Waals surface area contributed by atoms with Crippen molar-refractivity contribution >= 4 is 44.6 Å². The Bertz CT molecular complexity index is 450. The summed E-state index contributed by atoms with van der Waals surface area (Å²) in [5.41, 5.74) is 0. The Labute approximate surface area is 88.9 Å². The van der Waals surface area contributed by atoms with Crippen LogP contribution in [0.25, 0.3) is 10.1 Å². The van der Waals surface area contributed by atoms with Gasteiger partial charge in [0.15, 0.2) is 0 Å². The summed E-state index contributed by atoms with van der Waals surface area (Å²) in [7, 11) is 0. The van der Waals surface area contributed by atoms with Crippen molar-refractivity contribution in [1.82, 2.24) is 0 Å². The molecule has 1 heterocycles. The monoisotopic (exact) mass is 234 g/mol. The number of thiophene rings is 1. The SMILES string of the molecule is Fc1cc(Cl)c2sc(CCl)cc2c1. The number of fused-ring (bicyclic) bond motifs is 1. The van der Waals surface area contributed by atoms with Crippen molar-refractivity contribution in [3.63, 3.8) is 0 Å². The molecule has 2 aromatic rings. The van der Waals surface area contributed by atoms with E-state index in [9.17, 15) is 4.39 Å². The van der Waals surface area contributed by atoms with E-state index in [2.05, 4.69) is 0 Å². The van der Waals surface area contributed by atoms with Gasteiger partial charge in [-0.25, -0.2) is 4.39 Å². The van der Waals surface area contributed by atoms with Gasteiger partial charge in [-0.2, -0.15) is 0 Å². The molecule has 0 aliphatic carbocycles. The van der Waals surface area contributed by atoms with Gasteiger partial charge in [-0.05, 0) is 23.6 Å². The minimum Gasteiger partial charge on any atom is -0.207 e. The Morgan fingerprint density at radius 1 is 1.31 bits per heavy atom. The van der Waals surface area contributed by atoms with Gasteiger partial charge in [-0.3, -0.25) is 0 Å². The molecule has 0 nitrogen and oxygen atoms in total. The lowest BCUT2D eigenvalue weighted by atomic mass is 10.2. The molecule has 0 bridgehead atoms. The van der Waals surface area contributed by atoms with Gasteiger partial charge in [0.1, 0.15) is 5.82 Å². The molecule has 0 spiro atoms. The summed E-state index contributed by atoms with van der Waals surface area (Å²) in [5, 5.41) is 1.28. The first-order valence-electron chi connectivity index (χ1n) is 3.64. The highest BCUT2D eigenvalue weighted by Gasteiger charge is 2.06. The van der Waals surface area contributed by atoms with E-state index in [1.165, 1.54) is 23.5 Å². The smallest absolute Gasteiger partial charge is 0.125 e. The summed E-state index contributed by atoms with van der Waals surface area (Å²) in [6, 6.07) is 4.65. The normalized spacial score (nSPS) is 11.0. The average molecular weight is 235 g/mol. The number of alkyl halides is 1. The first kappa shape index (κ1) is 9.25. The maximum Gasteiger partial charge on any atom is 0.125 e. The van der Waals surface area contributed by atoms with Crippen molar-refractivity contribution in [3.05, 3.63) is 33.9 Å². The quantitative estimate of drug-likeness (QED) is 0.641. The fraction of sp³-hybridized carbons (Fsp3) is 0.111.